The van der Waals surface area contributed by atoms with Gasteiger partial charge in [0.15, 0.2) is 5.58 Å². The van der Waals surface area contributed by atoms with Crippen molar-refractivity contribution in [3.63, 3.8) is 0 Å². The van der Waals surface area contributed by atoms with E-state index in [-0.39, 0.29) is 43.3 Å². The lowest BCUT2D eigenvalue weighted by Gasteiger charge is -2.50. The molecule has 0 bridgehead atoms. The van der Waals surface area contributed by atoms with Crippen molar-refractivity contribution in [2.75, 3.05) is 23.0 Å². The van der Waals surface area contributed by atoms with E-state index in [4.69, 9.17) is 20.8 Å². The minimum Gasteiger partial charge on any atom is -0.491 e. The Morgan fingerprint density at radius 2 is 1.53 bits per heavy atom. The Hall–Kier alpha value is -6.36. The van der Waals surface area contributed by atoms with E-state index in [1.807, 2.05) is 72.8 Å². The van der Waals surface area contributed by atoms with E-state index in [1.165, 1.54) is 9.80 Å². The molecule has 3 fully saturated rings. The Morgan fingerprint density at radius 3 is 2.28 bits per heavy atom. The highest BCUT2D eigenvalue weighted by Gasteiger charge is 2.70. The summed E-state index contributed by atoms with van der Waals surface area (Å²) in [5.41, 5.74) is 3.80. The van der Waals surface area contributed by atoms with Crippen LogP contribution in [0.25, 0.3) is 22.6 Å². The van der Waals surface area contributed by atoms with E-state index in [0.717, 1.165) is 16.7 Å². The van der Waals surface area contributed by atoms with Crippen molar-refractivity contribution >= 4 is 57.7 Å². The van der Waals surface area contributed by atoms with Gasteiger partial charge in [0, 0.05) is 16.5 Å². The molecule has 2 saturated heterocycles. The van der Waals surface area contributed by atoms with Crippen LogP contribution in [0.1, 0.15) is 29.9 Å². The highest BCUT2D eigenvalue weighted by atomic mass is 35.5. The van der Waals surface area contributed by atoms with Crippen molar-refractivity contribution in [3.05, 3.63) is 155 Å². The molecule has 6 atom stereocenters. The second-order valence-electron chi connectivity index (χ2n) is 15.3. The van der Waals surface area contributed by atoms with Crippen molar-refractivity contribution in [1.29, 1.82) is 0 Å². The van der Waals surface area contributed by atoms with Gasteiger partial charge in [0.2, 0.25) is 29.5 Å². The number of hydrogen-bond acceptors (Lipinski definition) is 8. The number of carbonyl (C=O) groups excluding carboxylic acids is 4. The first-order valence-electron chi connectivity index (χ1n) is 19.4. The van der Waals surface area contributed by atoms with Crippen LogP contribution in [-0.4, -0.2) is 46.9 Å². The Labute approximate surface area is 338 Å². The topological polar surface area (TPSA) is 130 Å². The molecule has 6 aromatic rings. The van der Waals surface area contributed by atoms with Crippen LogP contribution in [-0.2, 0) is 24.6 Å². The molecule has 5 aromatic carbocycles. The van der Waals surface area contributed by atoms with Crippen molar-refractivity contribution < 1.29 is 33.4 Å². The number of aliphatic hydroxyl groups excluding tert-OH is 1. The molecule has 11 heteroatoms. The average molecular weight is 790 g/mol. The van der Waals surface area contributed by atoms with Crippen LogP contribution in [0, 0.1) is 23.7 Å². The number of allylic oxidation sites excluding steroid dienone is 2. The standard InChI is InChI=1S/C47H36ClN3O7/c48-30-9-6-10-32(25-30)51-44(54)37-26-36-34(41(27-15-19-33(20-16-27)57-24-23-52)47(37,46(51)56)29-7-2-1-3-8-29)21-22-35-40(36)45(55)50(43(35)53)31-17-13-28(14-18-31)42-49-38-11-4-5-12-39(38)58-42/h1-21,25,35-37,40-41,52H,22-24,26H2. The largest absolute Gasteiger partial charge is 0.491 e. The molecule has 4 aliphatic rings. The molecule has 0 radical (unpaired) electrons. The number of oxazole rings is 1. The van der Waals surface area contributed by atoms with E-state index in [1.54, 1.807) is 60.7 Å². The van der Waals surface area contributed by atoms with E-state index in [0.29, 0.717) is 51.2 Å². The van der Waals surface area contributed by atoms with Crippen LogP contribution in [0.3, 0.4) is 0 Å². The number of benzene rings is 5. The zero-order valence-electron chi connectivity index (χ0n) is 31.0. The maximum absolute atomic E-state index is 15.5. The Morgan fingerprint density at radius 1 is 0.776 bits per heavy atom. The molecule has 1 N–H and O–H groups in total. The molecule has 58 heavy (non-hydrogen) atoms. The molecule has 10 rings (SSSR count). The summed E-state index contributed by atoms with van der Waals surface area (Å²) in [5, 5.41) is 9.77. The van der Waals surface area contributed by atoms with Crippen LogP contribution in [0.2, 0.25) is 5.02 Å². The number of amides is 4. The van der Waals surface area contributed by atoms with Crippen molar-refractivity contribution in [1.82, 2.24) is 4.98 Å². The molecule has 6 unspecified atom stereocenters. The van der Waals surface area contributed by atoms with Gasteiger partial charge in [0.25, 0.3) is 0 Å². The van der Waals surface area contributed by atoms with E-state index >= 15 is 9.59 Å². The van der Waals surface area contributed by atoms with Gasteiger partial charge in [-0.2, -0.15) is 0 Å². The fraction of sp³-hybridized carbons (Fsp3) is 0.213. The summed E-state index contributed by atoms with van der Waals surface area (Å²) in [6.07, 6.45) is 2.52. The molecule has 0 spiro atoms. The summed E-state index contributed by atoms with van der Waals surface area (Å²) >= 11 is 6.44. The van der Waals surface area contributed by atoms with E-state index in [9.17, 15) is 14.7 Å². The fourth-order valence-electron chi connectivity index (χ4n) is 10.0. The number of ether oxygens (including phenoxy) is 1. The molecule has 1 aromatic heterocycles. The molecular formula is C47H36ClN3O7. The van der Waals surface area contributed by atoms with Crippen molar-refractivity contribution in [2.45, 2.75) is 24.2 Å². The molecule has 288 valence electrons. The average Bonchev–Trinajstić information content (AvgIpc) is 3.87. The number of anilines is 2. The number of aromatic nitrogens is 1. The van der Waals surface area contributed by atoms with Crippen LogP contribution < -0.4 is 14.5 Å². The number of nitrogens with zero attached hydrogens (tertiary/aromatic N) is 3. The highest BCUT2D eigenvalue weighted by molar-refractivity contribution is 6.32. The van der Waals surface area contributed by atoms with Gasteiger partial charge in [-0.3, -0.25) is 24.1 Å². The smallest absolute Gasteiger partial charge is 0.246 e. The van der Waals surface area contributed by atoms with Crippen LogP contribution in [0.15, 0.2) is 143 Å². The van der Waals surface area contributed by atoms with Gasteiger partial charge in [-0.05, 0) is 96.6 Å². The minimum absolute atomic E-state index is 0.114. The number of aliphatic hydroxyl groups is 1. The van der Waals surface area contributed by atoms with Gasteiger partial charge in [-0.25, -0.2) is 9.88 Å². The summed E-state index contributed by atoms with van der Waals surface area (Å²) in [6.45, 7) is -0.0362. The predicted octanol–water partition coefficient (Wildman–Crippen LogP) is 7.89. The SMILES string of the molecule is O=C1C2CC=C3C(CC4C(=O)N(c5cccc(Cl)c5)C(=O)C4(c4ccccc4)C3c3ccc(OCCO)cc3)C2C(=O)N1c1ccc(-c2nc3ccccc3o2)cc1. The predicted molar refractivity (Wildman–Crippen MR) is 217 cm³/mol. The molecular weight excluding hydrogens is 754 g/mol. The summed E-state index contributed by atoms with van der Waals surface area (Å²) < 4.78 is 11.7. The van der Waals surface area contributed by atoms with Crippen LogP contribution >= 0.6 is 11.6 Å². The lowest BCUT2D eigenvalue weighted by Crippen LogP contribution is -2.53. The third-order valence-electron chi connectivity index (χ3n) is 12.4. The third kappa shape index (κ3) is 5.39. The van der Waals surface area contributed by atoms with E-state index in [2.05, 4.69) is 4.98 Å². The van der Waals surface area contributed by atoms with Gasteiger partial charge in [0.1, 0.15) is 17.9 Å². The monoisotopic (exact) mass is 789 g/mol. The summed E-state index contributed by atoms with van der Waals surface area (Å²) in [5.74, 6) is -3.90. The Kier molecular flexibility index (Phi) is 8.65. The molecule has 3 heterocycles. The summed E-state index contributed by atoms with van der Waals surface area (Å²) in [6, 6.07) is 38.0. The molecule has 4 amide bonds. The number of fused-ring (bicyclic) bond motifs is 5. The molecule has 2 aliphatic carbocycles. The van der Waals surface area contributed by atoms with Crippen molar-refractivity contribution in [3.8, 4) is 17.2 Å². The van der Waals surface area contributed by atoms with Crippen molar-refractivity contribution in [2.24, 2.45) is 23.7 Å². The highest BCUT2D eigenvalue weighted by Crippen LogP contribution is 2.64. The number of para-hydroxylation sites is 2. The number of halogens is 1. The van der Waals surface area contributed by atoms with Gasteiger partial charge >= 0.3 is 0 Å². The number of rotatable bonds is 8. The number of carbonyl (C=O) groups is 4. The number of imide groups is 2. The molecule has 1 saturated carbocycles. The molecule has 10 nitrogen and oxygen atoms in total. The normalized spacial score (nSPS) is 25.1. The maximum Gasteiger partial charge on any atom is 0.246 e. The Balaban J connectivity index is 1.08. The fourth-order valence-corrected chi connectivity index (χ4v) is 10.2. The zero-order valence-corrected chi connectivity index (χ0v) is 31.8. The van der Waals surface area contributed by atoms with Gasteiger partial charge in [-0.15, -0.1) is 0 Å². The Bertz CT molecular complexity index is 2630. The number of hydrogen-bond donors (Lipinski definition) is 1. The van der Waals surface area contributed by atoms with Crippen LogP contribution in [0.4, 0.5) is 11.4 Å². The lowest BCUT2D eigenvalue weighted by molar-refractivity contribution is -0.127. The zero-order chi connectivity index (χ0) is 39.7. The lowest BCUT2D eigenvalue weighted by atomic mass is 9.49. The second-order valence-corrected chi connectivity index (χ2v) is 15.7. The van der Waals surface area contributed by atoms with Crippen LogP contribution in [0.5, 0.6) is 5.75 Å². The van der Waals surface area contributed by atoms with E-state index < -0.39 is 35.0 Å². The maximum atomic E-state index is 15.5. The second kappa shape index (κ2) is 13.9. The first kappa shape index (κ1) is 36.0. The summed E-state index contributed by atoms with van der Waals surface area (Å²) in [4.78, 5) is 66.8. The van der Waals surface area contributed by atoms with Gasteiger partial charge in [0.05, 0.1) is 41.2 Å². The van der Waals surface area contributed by atoms with Gasteiger partial charge < -0.3 is 14.3 Å². The first-order valence-corrected chi connectivity index (χ1v) is 19.7. The minimum atomic E-state index is -1.39. The first-order chi connectivity index (χ1) is 28.3. The van der Waals surface area contributed by atoms with Gasteiger partial charge in [-0.1, -0.05) is 83.9 Å². The quantitative estimate of drug-likeness (QED) is 0.122. The molecule has 2 aliphatic heterocycles. The summed E-state index contributed by atoms with van der Waals surface area (Å²) in [7, 11) is 0. The third-order valence-corrected chi connectivity index (χ3v) is 12.6.